The fraction of sp³-hybridized carbons (Fsp3) is 0.133. The second-order valence-electron chi connectivity index (χ2n) is 4.32. The quantitative estimate of drug-likeness (QED) is 0.881. The summed E-state index contributed by atoms with van der Waals surface area (Å²) in [4.78, 5) is 13.5. The maximum absolute atomic E-state index is 13.2. The Hall–Kier alpha value is -2.50. The second kappa shape index (κ2) is 5.87. The molecule has 1 amide bonds. The van der Waals surface area contributed by atoms with Gasteiger partial charge in [0.25, 0.3) is 5.91 Å². The zero-order valence-corrected chi connectivity index (χ0v) is 11.1. The Morgan fingerprint density at radius 2 is 1.76 bits per heavy atom. The molecule has 110 valence electrons. The predicted octanol–water partition coefficient (Wildman–Crippen LogP) is 3.48. The van der Waals surface area contributed by atoms with Crippen molar-refractivity contribution in [2.45, 2.75) is 6.92 Å². The molecule has 0 saturated carbocycles. The average Bonchev–Trinajstić information content (AvgIpc) is 2.45. The molecule has 0 atom stereocenters. The van der Waals surface area contributed by atoms with Crippen LogP contribution < -0.4 is 4.90 Å². The van der Waals surface area contributed by atoms with Gasteiger partial charge in [0.1, 0.15) is 5.75 Å². The number of anilines is 1. The normalized spacial score (nSPS) is 10.5. The number of hydrogen-bond acceptors (Lipinski definition) is 2. The molecule has 2 aromatic carbocycles. The molecule has 2 rings (SSSR count). The first-order valence-corrected chi connectivity index (χ1v) is 6.19. The summed E-state index contributed by atoms with van der Waals surface area (Å²) in [6, 6.07) is 7.17. The SMILES string of the molecule is CCN(C(=O)c1cc(F)c(F)c(F)c1)c1cccc(O)c1. The Labute approximate surface area is 119 Å². The van der Waals surface area contributed by atoms with Crippen molar-refractivity contribution in [1.82, 2.24) is 0 Å². The van der Waals surface area contributed by atoms with Gasteiger partial charge in [-0.15, -0.1) is 0 Å². The first-order valence-electron chi connectivity index (χ1n) is 6.19. The van der Waals surface area contributed by atoms with Crippen LogP contribution in [0, 0.1) is 17.5 Å². The van der Waals surface area contributed by atoms with Crippen molar-refractivity contribution >= 4 is 11.6 Å². The molecule has 0 radical (unpaired) electrons. The molecule has 0 aliphatic rings. The first-order chi connectivity index (χ1) is 9.93. The van der Waals surface area contributed by atoms with Crippen LogP contribution >= 0.6 is 0 Å². The second-order valence-corrected chi connectivity index (χ2v) is 4.32. The molecule has 0 saturated heterocycles. The van der Waals surface area contributed by atoms with E-state index in [9.17, 15) is 23.1 Å². The molecule has 0 aliphatic heterocycles. The number of benzene rings is 2. The highest BCUT2D eigenvalue weighted by molar-refractivity contribution is 6.06. The zero-order chi connectivity index (χ0) is 15.6. The van der Waals surface area contributed by atoms with Crippen LogP contribution in [0.2, 0.25) is 0 Å². The van der Waals surface area contributed by atoms with Gasteiger partial charge in [0.2, 0.25) is 0 Å². The van der Waals surface area contributed by atoms with Crippen molar-refractivity contribution in [2.24, 2.45) is 0 Å². The van der Waals surface area contributed by atoms with Crippen LogP contribution in [-0.4, -0.2) is 17.6 Å². The lowest BCUT2D eigenvalue weighted by atomic mass is 10.1. The molecular formula is C15H12F3NO2. The molecule has 1 N–H and O–H groups in total. The molecular weight excluding hydrogens is 283 g/mol. The summed E-state index contributed by atoms with van der Waals surface area (Å²) in [5.74, 6) is -5.21. The highest BCUT2D eigenvalue weighted by Crippen LogP contribution is 2.23. The number of nitrogens with zero attached hydrogens (tertiary/aromatic N) is 1. The summed E-state index contributed by atoms with van der Waals surface area (Å²) < 4.78 is 39.3. The van der Waals surface area contributed by atoms with E-state index >= 15 is 0 Å². The molecule has 2 aromatic rings. The Morgan fingerprint density at radius 1 is 1.14 bits per heavy atom. The van der Waals surface area contributed by atoms with Crippen molar-refractivity contribution in [3.8, 4) is 5.75 Å². The fourth-order valence-electron chi connectivity index (χ4n) is 1.94. The smallest absolute Gasteiger partial charge is 0.258 e. The number of halogens is 3. The lowest BCUT2D eigenvalue weighted by Crippen LogP contribution is -2.30. The zero-order valence-electron chi connectivity index (χ0n) is 11.1. The third kappa shape index (κ3) is 2.99. The molecule has 6 heteroatoms. The molecule has 0 unspecified atom stereocenters. The topological polar surface area (TPSA) is 40.5 Å². The number of phenols is 1. The number of amides is 1. The van der Waals surface area contributed by atoms with E-state index in [0.717, 1.165) is 0 Å². The first kappa shape index (κ1) is 14.9. The lowest BCUT2D eigenvalue weighted by Gasteiger charge is -2.21. The van der Waals surface area contributed by atoms with Crippen molar-refractivity contribution < 1.29 is 23.1 Å². The van der Waals surface area contributed by atoms with Gasteiger partial charge in [-0.1, -0.05) is 6.07 Å². The summed E-state index contributed by atoms with van der Waals surface area (Å²) >= 11 is 0. The Bertz CT molecular complexity index is 665. The van der Waals surface area contributed by atoms with E-state index < -0.39 is 23.4 Å². The Kier molecular flexibility index (Phi) is 4.16. The van der Waals surface area contributed by atoms with Crippen LogP contribution in [0.5, 0.6) is 5.75 Å². The van der Waals surface area contributed by atoms with Gasteiger partial charge in [-0.2, -0.15) is 0 Å². The van der Waals surface area contributed by atoms with Crippen molar-refractivity contribution in [3.63, 3.8) is 0 Å². The van der Waals surface area contributed by atoms with E-state index in [1.807, 2.05) is 0 Å². The Balaban J connectivity index is 2.41. The molecule has 0 aromatic heterocycles. The lowest BCUT2D eigenvalue weighted by molar-refractivity contribution is 0.0987. The monoisotopic (exact) mass is 295 g/mol. The van der Waals surface area contributed by atoms with Crippen molar-refractivity contribution in [2.75, 3.05) is 11.4 Å². The number of hydrogen-bond donors (Lipinski definition) is 1. The van der Waals surface area contributed by atoms with Crippen LogP contribution in [0.3, 0.4) is 0 Å². The molecule has 21 heavy (non-hydrogen) atoms. The van der Waals surface area contributed by atoms with E-state index in [1.165, 1.54) is 23.1 Å². The molecule has 0 heterocycles. The van der Waals surface area contributed by atoms with Gasteiger partial charge in [-0.25, -0.2) is 13.2 Å². The molecule has 0 bridgehead atoms. The summed E-state index contributed by atoms with van der Waals surface area (Å²) in [7, 11) is 0. The van der Waals surface area contributed by atoms with E-state index in [2.05, 4.69) is 0 Å². The molecule has 3 nitrogen and oxygen atoms in total. The van der Waals surface area contributed by atoms with Gasteiger partial charge in [0, 0.05) is 23.9 Å². The maximum atomic E-state index is 13.2. The van der Waals surface area contributed by atoms with Crippen molar-refractivity contribution in [3.05, 3.63) is 59.4 Å². The third-order valence-electron chi connectivity index (χ3n) is 2.93. The van der Waals surface area contributed by atoms with E-state index in [4.69, 9.17) is 0 Å². The largest absolute Gasteiger partial charge is 0.508 e. The summed E-state index contributed by atoms with van der Waals surface area (Å²) in [5.41, 5.74) is 0.0595. The standard InChI is InChI=1S/C15H12F3NO2/c1-2-19(10-4-3-5-11(20)8-10)15(21)9-6-12(16)14(18)13(17)7-9/h3-8,20H,2H2,1H3. The number of phenolic OH excluding ortho intramolecular Hbond substituents is 1. The minimum absolute atomic E-state index is 0.0461. The molecule has 0 fully saturated rings. The van der Waals surface area contributed by atoms with Gasteiger partial charge in [-0.05, 0) is 31.2 Å². The fourth-order valence-corrected chi connectivity index (χ4v) is 1.94. The van der Waals surface area contributed by atoms with Crippen LogP contribution in [0.15, 0.2) is 36.4 Å². The van der Waals surface area contributed by atoms with Crippen LogP contribution in [0.1, 0.15) is 17.3 Å². The number of aromatic hydroxyl groups is 1. The highest BCUT2D eigenvalue weighted by Gasteiger charge is 2.20. The summed E-state index contributed by atoms with van der Waals surface area (Å²) in [6.07, 6.45) is 0. The van der Waals surface area contributed by atoms with E-state index in [0.29, 0.717) is 17.8 Å². The molecule has 0 aliphatic carbocycles. The number of rotatable bonds is 3. The van der Waals surface area contributed by atoms with Crippen LogP contribution in [0.25, 0.3) is 0 Å². The van der Waals surface area contributed by atoms with E-state index in [1.54, 1.807) is 13.0 Å². The summed E-state index contributed by atoms with van der Waals surface area (Å²) in [6.45, 7) is 1.88. The van der Waals surface area contributed by atoms with Gasteiger partial charge < -0.3 is 10.0 Å². The highest BCUT2D eigenvalue weighted by atomic mass is 19.2. The summed E-state index contributed by atoms with van der Waals surface area (Å²) in [5, 5.41) is 9.43. The van der Waals surface area contributed by atoms with Gasteiger partial charge in [-0.3, -0.25) is 4.79 Å². The number of carbonyl (C=O) groups is 1. The van der Waals surface area contributed by atoms with Gasteiger partial charge in [0.05, 0.1) is 0 Å². The Morgan fingerprint density at radius 3 is 2.29 bits per heavy atom. The van der Waals surface area contributed by atoms with E-state index in [-0.39, 0.29) is 17.9 Å². The maximum Gasteiger partial charge on any atom is 0.258 e. The molecule has 0 spiro atoms. The van der Waals surface area contributed by atoms with Gasteiger partial charge >= 0.3 is 0 Å². The minimum atomic E-state index is -1.62. The van der Waals surface area contributed by atoms with Crippen LogP contribution in [0.4, 0.5) is 18.9 Å². The predicted molar refractivity (Wildman–Crippen MR) is 71.8 cm³/mol. The van der Waals surface area contributed by atoms with Crippen molar-refractivity contribution in [1.29, 1.82) is 0 Å². The minimum Gasteiger partial charge on any atom is -0.508 e. The van der Waals surface area contributed by atoms with Crippen LogP contribution in [-0.2, 0) is 0 Å². The third-order valence-corrected chi connectivity index (χ3v) is 2.93. The number of carbonyl (C=O) groups excluding carboxylic acids is 1. The average molecular weight is 295 g/mol. The van der Waals surface area contributed by atoms with Gasteiger partial charge in [0.15, 0.2) is 17.5 Å².